The van der Waals surface area contributed by atoms with Gasteiger partial charge < -0.3 is 29.3 Å². The summed E-state index contributed by atoms with van der Waals surface area (Å²) >= 11 is 0. The second-order valence-corrected chi connectivity index (χ2v) is 7.57. The topological polar surface area (TPSA) is 72.0 Å². The zero-order valence-electron chi connectivity index (χ0n) is 16.5. The number of para-hydroxylation sites is 2. The molecule has 0 aliphatic carbocycles. The van der Waals surface area contributed by atoms with Gasteiger partial charge in [-0.3, -0.25) is 0 Å². The first kappa shape index (κ1) is 18.6. The molecule has 3 saturated heterocycles. The molecule has 1 aromatic heterocycles. The zero-order valence-corrected chi connectivity index (χ0v) is 16.5. The van der Waals surface area contributed by atoms with E-state index in [2.05, 4.69) is 38.3 Å². The largest absolute Gasteiger partial charge is 0.378 e. The molecule has 1 spiro atoms. The summed E-state index contributed by atoms with van der Waals surface area (Å²) in [6.45, 7) is 6.41. The summed E-state index contributed by atoms with van der Waals surface area (Å²) in [7, 11) is 0. The van der Waals surface area contributed by atoms with Crippen LogP contribution in [0.3, 0.4) is 0 Å². The van der Waals surface area contributed by atoms with Crippen molar-refractivity contribution in [2.75, 3.05) is 67.7 Å². The lowest BCUT2D eigenvalue weighted by molar-refractivity contribution is -0.169. The number of aromatic nitrogens is 2. The molecule has 0 saturated carbocycles. The van der Waals surface area contributed by atoms with Gasteiger partial charge in [-0.25, -0.2) is 4.98 Å². The lowest BCUT2D eigenvalue weighted by Crippen LogP contribution is -2.45. The van der Waals surface area contributed by atoms with E-state index in [9.17, 15) is 0 Å². The third-order valence-electron chi connectivity index (χ3n) is 5.81. The zero-order chi connectivity index (χ0) is 19.5. The minimum atomic E-state index is -0.373. The highest BCUT2D eigenvalue weighted by atomic mass is 16.7. The van der Waals surface area contributed by atoms with Crippen molar-refractivity contribution in [2.24, 2.45) is 0 Å². The molecular formula is C21H27N5O3. The van der Waals surface area contributed by atoms with Gasteiger partial charge in [0.15, 0.2) is 5.79 Å². The molecule has 0 amide bonds. The summed E-state index contributed by atoms with van der Waals surface area (Å²) in [5.74, 6) is 1.16. The van der Waals surface area contributed by atoms with Gasteiger partial charge in [0.25, 0.3) is 0 Å². The monoisotopic (exact) mass is 397 g/mol. The highest BCUT2D eigenvalue weighted by Gasteiger charge is 2.40. The van der Waals surface area contributed by atoms with E-state index in [1.54, 1.807) is 0 Å². The highest BCUT2D eigenvalue weighted by Crippen LogP contribution is 2.33. The Kier molecular flexibility index (Phi) is 5.22. The number of rotatable bonds is 4. The van der Waals surface area contributed by atoms with Crippen LogP contribution in [0, 0.1) is 0 Å². The Bertz CT molecular complexity index is 827. The average molecular weight is 397 g/mol. The predicted octanol–water partition coefficient (Wildman–Crippen LogP) is 2.40. The van der Waals surface area contributed by atoms with Gasteiger partial charge in [0.05, 0.1) is 37.8 Å². The van der Waals surface area contributed by atoms with Gasteiger partial charge in [-0.05, 0) is 18.2 Å². The predicted molar refractivity (Wildman–Crippen MR) is 111 cm³/mol. The van der Waals surface area contributed by atoms with Gasteiger partial charge in [-0.15, -0.1) is 0 Å². The molecule has 154 valence electrons. The molecule has 0 atom stereocenters. The summed E-state index contributed by atoms with van der Waals surface area (Å²) in [6, 6.07) is 10.3. The van der Waals surface area contributed by atoms with E-state index in [1.807, 2.05) is 18.3 Å². The lowest BCUT2D eigenvalue weighted by atomic mass is 10.0. The second-order valence-electron chi connectivity index (χ2n) is 7.57. The van der Waals surface area contributed by atoms with E-state index < -0.39 is 0 Å². The lowest BCUT2D eigenvalue weighted by Gasteiger charge is -2.38. The third-order valence-corrected chi connectivity index (χ3v) is 5.81. The van der Waals surface area contributed by atoms with Crippen LogP contribution < -0.4 is 15.1 Å². The average Bonchev–Trinajstić information content (AvgIpc) is 3.23. The summed E-state index contributed by atoms with van der Waals surface area (Å²) in [5.41, 5.74) is 2.16. The van der Waals surface area contributed by atoms with Crippen molar-refractivity contribution in [3.8, 4) is 0 Å². The van der Waals surface area contributed by atoms with Crippen LogP contribution in [-0.2, 0) is 14.2 Å². The SMILES string of the molecule is c1ccc(N2CCOCC2)c(Nc2nccc(N3CCC4(CC3)OCCO4)n2)c1. The van der Waals surface area contributed by atoms with Gasteiger partial charge in [0.2, 0.25) is 5.95 Å². The number of nitrogens with zero attached hydrogens (tertiary/aromatic N) is 4. The first-order chi connectivity index (χ1) is 14.3. The van der Waals surface area contributed by atoms with Crippen molar-refractivity contribution in [3.63, 3.8) is 0 Å². The summed E-state index contributed by atoms with van der Waals surface area (Å²) in [4.78, 5) is 13.8. The van der Waals surface area contributed by atoms with Crippen LogP contribution in [0.2, 0.25) is 0 Å². The van der Waals surface area contributed by atoms with Crippen LogP contribution in [0.1, 0.15) is 12.8 Å². The molecule has 29 heavy (non-hydrogen) atoms. The molecule has 0 radical (unpaired) electrons. The van der Waals surface area contributed by atoms with Crippen molar-refractivity contribution in [1.29, 1.82) is 0 Å². The van der Waals surface area contributed by atoms with Crippen LogP contribution in [0.15, 0.2) is 36.5 Å². The van der Waals surface area contributed by atoms with Gasteiger partial charge in [-0.2, -0.15) is 4.98 Å². The van der Waals surface area contributed by atoms with E-state index in [1.165, 1.54) is 0 Å². The molecule has 1 N–H and O–H groups in total. The van der Waals surface area contributed by atoms with Crippen LogP contribution in [-0.4, -0.2) is 68.4 Å². The number of hydrogen-bond donors (Lipinski definition) is 1. The fraction of sp³-hybridized carbons (Fsp3) is 0.524. The standard InChI is InChI=1S/C21H27N5O3/c1-2-4-18(25-11-13-27-14-12-25)17(3-1)23-20-22-8-5-19(24-20)26-9-6-21(7-10-26)28-15-16-29-21/h1-5,8H,6-7,9-16H2,(H,22,23,24). The number of ether oxygens (including phenoxy) is 3. The maximum atomic E-state index is 5.83. The number of hydrogen-bond acceptors (Lipinski definition) is 8. The first-order valence-corrected chi connectivity index (χ1v) is 10.4. The Hall–Kier alpha value is -2.42. The Morgan fingerprint density at radius 1 is 0.862 bits per heavy atom. The van der Waals surface area contributed by atoms with Crippen molar-refractivity contribution in [2.45, 2.75) is 18.6 Å². The molecule has 3 fully saturated rings. The highest BCUT2D eigenvalue weighted by molar-refractivity contribution is 5.73. The normalized spacial score (nSPS) is 21.5. The molecule has 5 rings (SSSR count). The molecule has 2 aromatic rings. The fourth-order valence-corrected chi connectivity index (χ4v) is 4.23. The van der Waals surface area contributed by atoms with Crippen molar-refractivity contribution in [1.82, 2.24) is 9.97 Å². The minimum absolute atomic E-state index is 0.373. The minimum Gasteiger partial charge on any atom is -0.378 e. The smallest absolute Gasteiger partial charge is 0.229 e. The van der Waals surface area contributed by atoms with Gasteiger partial charge in [0, 0.05) is 45.2 Å². The molecule has 1 aromatic carbocycles. The van der Waals surface area contributed by atoms with Crippen LogP contribution in [0.25, 0.3) is 0 Å². The Labute approximate surface area is 170 Å². The number of benzene rings is 1. The van der Waals surface area contributed by atoms with Crippen molar-refractivity contribution >= 4 is 23.1 Å². The Morgan fingerprint density at radius 2 is 1.62 bits per heavy atom. The summed E-state index contributed by atoms with van der Waals surface area (Å²) in [5, 5.41) is 3.42. The van der Waals surface area contributed by atoms with Gasteiger partial charge in [0.1, 0.15) is 5.82 Å². The Morgan fingerprint density at radius 3 is 2.41 bits per heavy atom. The van der Waals surface area contributed by atoms with E-state index in [0.717, 1.165) is 69.4 Å². The number of nitrogens with one attached hydrogen (secondary N) is 1. The maximum Gasteiger partial charge on any atom is 0.229 e. The van der Waals surface area contributed by atoms with Gasteiger partial charge >= 0.3 is 0 Å². The van der Waals surface area contributed by atoms with E-state index in [-0.39, 0.29) is 5.79 Å². The maximum absolute atomic E-state index is 5.83. The number of anilines is 4. The molecule has 8 nitrogen and oxygen atoms in total. The molecule has 3 aliphatic rings. The molecule has 3 aliphatic heterocycles. The summed E-state index contributed by atoms with van der Waals surface area (Å²) in [6.07, 6.45) is 3.54. The number of morpholine rings is 1. The second kappa shape index (κ2) is 8.14. The van der Waals surface area contributed by atoms with E-state index in [4.69, 9.17) is 19.2 Å². The Balaban J connectivity index is 1.30. The first-order valence-electron chi connectivity index (χ1n) is 10.4. The molecule has 0 bridgehead atoms. The van der Waals surface area contributed by atoms with Crippen LogP contribution in [0.5, 0.6) is 0 Å². The summed E-state index contributed by atoms with van der Waals surface area (Å²) < 4.78 is 17.2. The van der Waals surface area contributed by atoms with Crippen molar-refractivity contribution < 1.29 is 14.2 Å². The molecular weight excluding hydrogens is 370 g/mol. The van der Waals surface area contributed by atoms with E-state index in [0.29, 0.717) is 19.2 Å². The van der Waals surface area contributed by atoms with Crippen LogP contribution >= 0.6 is 0 Å². The van der Waals surface area contributed by atoms with E-state index >= 15 is 0 Å². The quantitative estimate of drug-likeness (QED) is 0.843. The molecule has 8 heteroatoms. The van der Waals surface area contributed by atoms with Crippen molar-refractivity contribution in [3.05, 3.63) is 36.5 Å². The molecule has 0 unspecified atom stereocenters. The fourth-order valence-electron chi connectivity index (χ4n) is 4.23. The molecule has 4 heterocycles. The third kappa shape index (κ3) is 4.01. The van der Waals surface area contributed by atoms with Crippen LogP contribution in [0.4, 0.5) is 23.1 Å². The number of piperidine rings is 1. The van der Waals surface area contributed by atoms with Gasteiger partial charge in [-0.1, -0.05) is 12.1 Å².